The first kappa shape index (κ1) is 17.7. The summed E-state index contributed by atoms with van der Waals surface area (Å²) in [5, 5.41) is 8.43. The molecule has 5 rings (SSSR count). The number of rotatable bonds is 4. The number of pyridine rings is 2. The predicted molar refractivity (Wildman–Crippen MR) is 115 cm³/mol. The maximum absolute atomic E-state index is 13.3. The lowest BCUT2D eigenvalue weighted by molar-refractivity contribution is 0.767. The molecule has 0 amide bonds. The van der Waals surface area contributed by atoms with E-state index in [1.807, 2.05) is 36.3 Å². The zero-order valence-corrected chi connectivity index (χ0v) is 16.6. The molecule has 1 aliphatic carbocycles. The summed E-state index contributed by atoms with van der Waals surface area (Å²) in [5.41, 5.74) is 5.86. The molecule has 6 heteroatoms. The molecule has 1 N–H and O–H groups in total. The van der Waals surface area contributed by atoms with E-state index in [2.05, 4.69) is 46.6 Å². The fourth-order valence-corrected chi connectivity index (χ4v) is 4.26. The standard InChI is InChI=1S/C23H23N5O/c1-3-28-14-21(17-11-25-27(2)13-17)22(29)20-10-19(12-24-23(20)28)26-18-8-15-6-4-5-7-16(15)9-18/h4-7,10-14,18,26H,3,8-9H2,1-2H3. The molecule has 0 aliphatic heterocycles. The van der Waals surface area contributed by atoms with Crippen molar-refractivity contribution in [2.75, 3.05) is 5.32 Å². The van der Waals surface area contributed by atoms with Crippen molar-refractivity contribution in [2.45, 2.75) is 32.4 Å². The monoisotopic (exact) mass is 385 g/mol. The minimum atomic E-state index is -0.0106. The molecule has 0 saturated heterocycles. The minimum Gasteiger partial charge on any atom is -0.380 e. The Balaban J connectivity index is 1.54. The van der Waals surface area contributed by atoms with Crippen LogP contribution in [0, 0.1) is 0 Å². The van der Waals surface area contributed by atoms with E-state index in [0.29, 0.717) is 22.6 Å². The number of nitrogens with one attached hydrogen (secondary N) is 1. The Morgan fingerprint density at radius 3 is 2.55 bits per heavy atom. The molecule has 0 unspecified atom stereocenters. The van der Waals surface area contributed by atoms with Crippen LogP contribution in [0.1, 0.15) is 18.1 Å². The maximum Gasteiger partial charge on any atom is 0.199 e. The van der Waals surface area contributed by atoms with Gasteiger partial charge in [-0.15, -0.1) is 0 Å². The van der Waals surface area contributed by atoms with E-state index < -0.39 is 0 Å². The summed E-state index contributed by atoms with van der Waals surface area (Å²) in [6.45, 7) is 2.79. The zero-order valence-electron chi connectivity index (χ0n) is 16.6. The van der Waals surface area contributed by atoms with Crippen molar-refractivity contribution in [1.29, 1.82) is 0 Å². The Morgan fingerprint density at radius 2 is 1.90 bits per heavy atom. The van der Waals surface area contributed by atoms with Crippen LogP contribution in [-0.4, -0.2) is 25.4 Å². The van der Waals surface area contributed by atoms with Crippen LogP contribution in [0.2, 0.25) is 0 Å². The summed E-state index contributed by atoms with van der Waals surface area (Å²) < 4.78 is 3.73. The normalized spacial score (nSPS) is 13.7. The Labute approximate surface area is 168 Å². The lowest BCUT2D eigenvalue weighted by Gasteiger charge is -2.15. The van der Waals surface area contributed by atoms with E-state index in [0.717, 1.165) is 30.6 Å². The van der Waals surface area contributed by atoms with Gasteiger partial charge in [0.1, 0.15) is 5.65 Å². The quantitative estimate of drug-likeness (QED) is 0.585. The second kappa shape index (κ2) is 6.88. The molecule has 0 bridgehead atoms. The van der Waals surface area contributed by atoms with E-state index in [4.69, 9.17) is 0 Å². The van der Waals surface area contributed by atoms with Gasteiger partial charge in [0.2, 0.25) is 0 Å². The lowest BCUT2D eigenvalue weighted by Crippen LogP contribution is -2.20. The highest BCUT2D eigenvalue weighted by Gasteiger charge is 2.21. The van der Waals surface area contributed by atoms with Gasteiger partial charge in [-0.2, -0.15) is 5.10 Å². The number of aryl methyl sites for hydroxylation is 2. The van der Waals surface area contributed by atoms with E-state index >= 15 is 0 Å². The van der Waals surface area contributed by atoms with Crippen LogP contribution < -0.4 is 10.7 Å². The van der Waals surface area contributed by atoms with Crippen LogP contribution in [-0.2, 0) is 26.4 Å². The molecule has 0 spiro atoms. The number of fused-ring (bicyclic) bond motifs is 2. The molecule has 146 valence electrons. The second-order valence-corrected chi connectivity index (χ2v) is 7.67. The van der Waals surface area contributed by atoms with Crippen molar-refractivity contribution in [3.63, 3.8) is 0 Å². The van der Waals surface area contributed by atoms with Crippen LogP contribution >= 0.6 is 0 Å². The van der Waals surface area contributed by atoms with Gasteiger partial charge in [0.15, 0.2) is 5.43 Å². The maximum atomic E-state index is 13.3. The minimum absolute atomic E-state index is 0.0106. The van der Waals surface area contributed by atoms with Crippen molar-refractivity contribution in [3.8, 4) is 11.1 Å². The third-order valence-electron chi connectivity index (χ3n) is 5.69. The van der Waals surface area contributed by atoms with Gasteiger partial charge in [-0.25, -0.2) is 4.98 Å². The Hall–Kier alpha value is -3.41. The molecule has 1 aromatic carbocycles. The first-order chi connectivity index (χ1) is 14.1. The first-order valence-electron chi connectivity index (χ1n) is 9.98. The van der Waals surface area contributed by atoms with E-state index in [1.165, 1.54) is 11.1 Å². The Kier molecular flexibility index (Phi) is 4.19. The summed E-state index contributed by atoms with van der Waals surface area (Å²) in [7, 11) is 1.85. The molecule has 0 saturated carbocycles. The summed E-state index contributed by atoms with van der Waals surface area (Å²) >= 11 is 0. The number of hydrogen-bond acceptors (Lipinski definition) is 4. The molecule has 0 atom stereocenters. The molecule has 0 fully saturated rings. The molecular formula is C23H23N5O. The highest BCUT2D eigenvalue weighted by molar-refractivity contribution is 5.83. The van der Waals surface area contributed by atoms with Crippen LogP contribution in [0.4, 0.5) is 5.69 Å². The third-order valence-corrected chi connectivity index (χ3v) is 5.69. The van der Waals surface area contributed by atoms with Gasteiger partial charge in [0.05, 0.1) is 23.5 Å². The molecule has 29 heavy (non-hydrogen) atoms. The van der Waals surface area contributed by atoms with Crippen LogP contribution in [0.5, 0.6) is 0 Å². The molecule has 4 aromatic rings. The summed E-state index contributed by atoms with van der Waals surface area (Å²) in [6, 6.07) is 10.8. The Morgan fingerprint density at radius 1 is 1.14 bits per heavy atom. The first-order valence-corrected chi connectivity index (χ1v) is 9.98. The van der Waals surface area contributed by atoms with Crippen LogP contribution in [0.15, 0.2) is 59.9 Å². The van der Waals surface area contributed by atoms with Gasteiger partial charge in [-0.3, -0.25) is 9.48 Å². The third kappa shape index (κ3) is 3.10. The number of hydrogen-bond donors (Lipinski definition) is 1. The largest absolute Gasteiger partial charge is 0.380 e. The van der Waals surface area contributed by atoms with Crippen LogP contribution in [0.3, 0.4) is 0 Å². The summed E-state index contributed by atoms with van der Waals surface area (Å²) in [4.78, 5) is 17.9. The van der Waals surface area contributed by atoms with Crippen molar-refractivity contribution >= 4 is 16.7 Å². The van der Waals surface area contributed by atoms with Gasteiger partial charge in [0.25, 0.3) is 0 Å². The summed E-state index contributed by atoms with van der Waals surface area (Å²) in [6.07, 6.45) is 9.30. The smallest absolute Gasteiger partial charge is 0.199 e. The van der Waals surface area contributed by atoms with E-state index in [-0.39, 0.29) is 5.43 Å². The van der Waals surface area contributed by atoms with Gasteiger partial charge in [-0.05, 0) is 37.0 Å². The van der Waals surface area contributed by atoms with Gasteiger partial charge in [-0.1, -0.05) is 24.3 Å². The summed E-state index contributed by atoms with van der Waals surface area (Å²) in [5.74, 6) is 0. The number of aromatic nitrogens is 4. The lowest BCUT2D eigenvalue weighted by atomic mass is 10.1. The Bertz CT molecular complexity index is 1240. The van der Waals surface area contributed by atoms with Crippen molar-refractivity contribution in [2.24, 2.45) is 7.05 Å². The van der Waals surface area contributed by atoms with Crippen molar-refractivity contribution in [3.05, 3.63) is 76.5 Å². The number of anilines is 1. The molecular weight excluding hydrogens is 362 g/mol. The van der Waals surface area contributed by atoms with E-state index in [1.54, 1.807) is 10.9 Å². The van der Waals surface area contributed by atoms with Crippen molar-refractivity contribution in [1.82, 2.24) is 19.3 Å². The van der Waals surface area contributed by atoms with Crippen molar-refractivity contribution < 1.29 is 0 Å². The number of benzene rings is 1. The zero-order chi connectivity index (χ0) is 20.0. The van der Waals surface area contributed by atoms with Crippen LogP contribution in [0.25, 0.3) is 22.2 Å². The SMILES string of the molecule is CCn1cc(-c2cnn(C)c2)c(=O)c2cc(NC3Cc4ccccc4C3)cnc21. The van der Waals surface area contributed by atoms with Gasteiger partial charge >= 0.3 is 0 Å². The average molecular weight is 385 g/mol. The fourth-order valence-electron chi connectivity index (χ4n) is 4.26. The number of nitrogens with zero attached hydrogens (tertiary/aromatic N) is 4. The highest BCUT2D eigenvalue weighted by Crippen LogP contribution is 2.26. The van der Waals surface area contributed by atoms with Gasteiger partial charge in [0, 0.05) is 43.2 Å². The predicted octanol–water partition coefficient (Wildman–Crippen LogP) is 3.40. The molecule has 1 aliphatic rings. The fraction of sp³-hybridized carbons (Fsp3) is 0.261. The highest BCUT2D eigenvalue weighted by atomic mass is 16.1. The van der Waals surface area contributed by atoms with Gasteiger partial charge < -0.3 is 9.88 Å². The molecule has 0 radical (unpaired) electrons. The molecule has 3 aromatic heterocycles. The molecule has 3 heterocycles. The average Bonchev–Trinajstić information content (AvgIpc) is 3.34. The topological polar surface area (TPSA) is 64.7 Å². The second-order valence-electron chi connectivity index (χ2n) is 7.67. The van der Waals surface area contributed by atoms with E-state index in [9.17, 15) is 4.79 Å². The molecule has 6 nitrogen and oxygen atoms in total.